The lowest BCUT2D eigenvalue weighted by molar-refractivity contribution is 0.587. The van der Waals surface area contributed by atoms with Crippen molar-refractivity contribution in [2.24, 2.45) is 5.10 Å². The number of anilines is 2. The number of benzene rings is 4. The Balaban J connectivity index is 1.45. The fourth-order valence-corrected chi connectivity index (χ4v) is 6.17. The monoisotopic (exact) mass is 558 g/mol. The molecule has 0 saturated carbocycles. The molecule has 0 bridgehead atoms. The van der Waals surface area contributed by atoms with E-state index in [0.29, 0.717) is 49.3 Å². The maximum absolute atomic E-state index is 13.3. The first kappa shape index (κ1) is 24.9. The summed E-state index contributed by atoms with van der Waals surface area (Å²) in [5.74, 6) is 0. The van der Waals surface area contributed by atoms with E-state index in [2.05, 4.69) is 4.72 Å². The van der Waals surface area contributed by atoms with Crippen molar-refractivity contribution in [3.8, 4) is 0 Å². The molecule has 4 aromatic carbocycles. The van der Waals surface area contributed by atoms with Crippen molar-refractivity contribution in [1.82, 2.24) is 4.72 Å². The Morgan fingerprint density at radius 3 is 2.36 bits per heavy atom. The lowest BCUT2D eigenvalue weighted by Gasteiger charge is -2.25. The molecule has 3 N–H and O–H groups in total. The number of hydrazone groups is 1. The molecule has 0 aliphatic carbocycles. The van der Waals surface area contributed by atoms with Crippen molar-refractivity contribution < 1.29 is 8.42 Å². The highest BCUT2D eigenvalue weighted by atomic mass is 35.5. The number of hydrogen-bond donors (Lipinski definition) is 2. The summed E-state index contributed by atoms with van der Waals surface area (Å²) in [5, 5.41) is 9.37. The number of sulfonamides is 1. The molecule has 0 aromatic heterocycles. The fraction of sp³-hybridized carbons (Fsp3) is 0.115. The smallest absolute Gasteiger partial charge is 0.241 e. The molecular formula is C26H21Cl3N4O2S. The maximum atomic E-state index is 13.3. The van der Waals surface area contributed by atoms with Gasteiger partial charge in [0.05, 0.1) is 33.9 Å². The van der Waals surface area contributed by atoms with Crippen LogP contribution >= 0.6 is 34.8 Å². The predicted molar refractivity (Wildman–Crippen MR) is 149 cm³/mol. The van der Waals surface area contributed by atoms with E-state index in [1.807, 2.05) is 24.3 Å². The van der Waals surface area contributed by atoms with Gasteiger partial charge in [-0.15, -0.1) is 0 Å². The molecule has 6 nitrogen and oxygen atoms in total. The van der Waals surface area contributed by atoms with Crippen LogP contribution in [0.2, 0.25) is 15.1 Å². The second-order valence-electron chi connectivity index (χ2n) is 8.40. The molecule has 1 unspecified atom stereocenters. The number of fused-ring (bicyclic) bond motifs is 1. The third kappa shape index (κ3) is 4.90. The topological polar surface area (TPSA) is 87.8 Å². The van der Waals surface area contributed by atoms with Gasteiger partial charge < -0.3 is 5.73 Å². The van der Waals surface area contributed by atoms with E-state index in [9.17, 15) is 8.42 Å². The molecule has 0 fully saturated rings. The number of nitrogen functional groups attached to an aromatic ring is 1. The number of nitrogens with one attached hydrogen (secondary N) is 1. The van der Waals surface area contributed by atoms with E-state index in [0.717, 1.165) is 5.56 Å². The van der Waals surface area contributed by atoms with Crippen LogP contribution < -0.4 is 15.5 Å². The summed E-state index contributed by atoms with van der Waals surface area (Å²) < 4.78 is 29.3. The third-order valence-electron chi connectivity index (χ3n) is 6.06. The quantitative estimate of drug-likeness (QED) is 0.258. The number of halogens is 3. The molecule has 1 aliphatic heterocycles. The zero-order chi connectivity index (χ0) is 25.4. The molecule has 36 heavy (non-hydrogen) atoms. The van der Waals surface area contributed by atoms with E-state index in [4.69, 9.17) is 45.6 Å². The number of nitrogens with two attached hydrogens (primary N) is 1. The van der Waals surface area contributed by atoms with Gasteiger partial charge in [0, 0.05) is 32.9 Å². The van der Waals surface area contributed by atoms with E-state index in [1.165, 1.54) is 0 Å². The minimum Gasteiger partial charge on any atom is -0.398 e. The van der Waals surface area contributed by atoms with Gasteiger partial charge in [0.15, 0.2) is 0 Å². The Morgan fingerprint density at radius 2 is 1.61 bits per heavy atom. The zero-order valence-electron chi connectivity index (χ0n) is 18.8. The Morgan fingerprint density at radius 1 is 0.917 bits per heavy atom. The molecule has 0 radical (unpaired) electrons. The van der Waals surface area contributed by atoms with Gasteiger partial charge in [-0.1, -0.05) is 71.2 Å². The Labute approximate surface area is 224 Å². The van der Waals surface area contributed by atoms with Gasteiger partial charge in [-0.25, -0.2) is 13.1 Å². The molecule has 10 heteroatoms. The van der Waals surface area contributed by atoms with Crippen molar-refractivity contribution in [3.05, 3.63) is 99.5 Å². The number of hydrogen-bond acceptors (Lipinski definition) is 5. The van der Waals surface area contributed by atoms with Crippen LogP contribution in [0.5, 0.6) is 0 Å². The molecule has 184 valence electrons. The highest BCUT2D eigenvalue weighted by Crippen LogP contribution is 2.40. The summed E-state index contributed by atoms with van der Waals surface area (Å²) in [5.41, 5.74) is 8.86. The second-order valence-corrected chi connectivity index (χ2v) is 11.4. The van der Waals surface area contributed by atoms with E-state index in [-0.39, 0.29) is 17.5 Å². The van der Waals surface area contributed by atoms with Gasteiger partial charge in [0.2, 0.25) is 10.0 Å². The van der Waals surface area contributed by atoms with Crippen LogP contribution in [0.4, 0.5) is 11.4 Å². The summed E-state index contributed by atoms with van der Waals surface area (Å²) in [4.78, 5) is 0.165. The van der Waals surface area contributed by atoms with Crippen LogP contribution in [0.1, 0.15) is 18.0 Å². The second kappa shape index (κ2) is 9.92. The summed E-state index contributed by atoms with van der Waals surface area (Å²) in [6.45, 7) is 0.0346. The summed E-state index contributed by atoms with van der Waals surface area (Å²) in [6, 6.07) is 22.7. The van der Waals surface area contributed by atoms with Crippen molar-refractivity contribution in [3.63, 3.8) is 0 Å². The number of nitrogens with zero attached hydrogens (tertiary/aromatic N) is 2. The van der Waals surface area contributed by atoms with E-state index >= 15 is 0 Å². The Hall–Kier alpha value is -2.81. The van der Waals surface area contributed by atoms with Crippen LogP contribution in [0.15, 0.2) is 88.9 Å². The lowest BCUT2D eigenvalue weighted by Crippen LogP contribution is -2.29. The van der Waals surface area contributed by atoms with Gasteiger partial charge in [0.1, 0.15) is 0 Å². The standard InChI is InChI=1S/C26H21Cl3N4O2S/c27-17-9-7-16(8-10-17)25-14-19(32-33(25)24-12-11-18(28)13-22(24)29)15-31-36(34,35)26-6-2-3-20-21(26)4-1-5-23(20)30/h1-13,25,31H,14-15,30H2. The average molecular weight is 560 g/mol. The fourth-order valence-electron chi connectivity index (χ4n) is 4.31. The minimum absolute atomic E-state index is 0.0346. The van der Waals surface area contributed by atoms with Crippen LogP contribution in [0.25, 0.3) is 10.8 Å². The molecule has 0 spiro atoms. The van der Waals surface area contributed by atoms with Gasteiger partial charge >= 0.3 is 0 Å². The zero-order valence-corrected chi connectivity index (χ0v) is 21.9. The third-order valence-corrected chi connectivity index (χ3v) is 8.31. The average Bonchev–Trinajstić information content (AvgIpc) is 3.27. The van der Waals surface area contributed by atoms with Gasteiger partial charge in [-0.05, 0) is 48.0 Å². The normalized spacial score (nSPS) is 15.9. The van der Waals surface area contributed by atoms with Crippen LogP contribution in [-0.4, -0.2) is 20.7 Å². The van der Waals surface area contributed by atoms with Gasteiger partial charge in [-0.2, -0.15) is 5.10 Å². The molecule has 0 amide bonds. The molecule has 4 aromatic rings. The van der Waals surface area contributed by atoms with Crippen molar-refractivity contribution in [2.75, 3.05) is 17.3 Å². The van der Waals surface area contributed by atoms with E-state index < -0.39 is 10.0 Å². The first-order valence-corrected chi connectivity index (χ1v) is 13.7. The van der Waals surface area contributed by atoms with Crippen LogP contribution in [0.3, 0.4) is 0 Å². The highest BCUT2D eigenvalue weighted by Gasteiger charge is 2.31. The Kier molecular flexibility index (Phi) is 6.85. The number of rotatable bonds is 6. The summed E-state index contributed by atoms with van der Waals surface area (Å²) in [6.07, 6.45) is 0.492. The van der Waals surface area contributed by atoms with Crippen molar-refractivity contribution in [2.45, 2.75) is 17.4 Å². The molecule has 1 atom stereocenters. The maximum Gasteiger partial charge on any atom is 0.241 e. The van der Waals surface area contributed by atoms with Gasteiger partial charge in [-0.3, -0.25) is 5.01 Å². The molecular weight excluding hydrogens is 539 g/mol. The highest BCUT2D eigenvalue weighted by molar-refractivity contribution is 7.89. The minimum atomic E-state index is -3.84. The first-order chi connectivity index (χ1) is 17.2. The first-order valence-electron chi connectivity index (χ1n) is 11.1. The lowest BCUT2D eigenvalue weighted by atomic mass is 10.0. The summed E-state index contributed by atoms with van der Waals surface area (Å²) in [7, 11) is -3.84. The Bertz CT molecular complexity index is 1590. The molecule has 0 saturated heterocycles. The van der Waals surface area contributed by atoms with Crippen molar-refractivity contribution >= 4 is 72.7 Å². The SMILES string of the molecule is Nc1cccc2c(S(=O)(=O)NCC3=NN(c4ccc(Cl)cc4Cl)C(c4ccc(Cl)cc4)C3)cccc12. The van der Waals surface area contributed by atoms with Crippen LogP contribution in [-0.2, 0) is 10.0 Å². The van der Waals surface area contributed by atoms with E-state index in [1.54, 1.807) is 59.6 Å². The van der Waals surface area contributed by atoms with Gasteiger partial charge in [0.25, 0.3) is 0 Å². The van der Waals surface area contributed by atoms with Crippen LogP contribution in [0, 0.1) is 0 Å². The summed E-state index contributed by atoms with van der Waals surface area (Å²) >= 11 is 18.7. The molecule has 5 rings (SSSR count). The largest absolute Gasteiger partial charge is 0.398 e. The predicted octanol–water partition coefficient (Wildman–Crippen LogP) is 6.67. The molecule has 1 aliphatic rings. The van der Waals surface area contributed by atoms with Crippen molar-refractivity contribution in [1.29, 1.82) is 0 Å². The molecule has 1 heterocycles.